The maximum absolute atomic E-state index is 13.5. The second-order valence-electron chi connectivity index (χ2n) is 11.3. The molecule has 1 heterocycles. The molecule has 1 aliphatic rings. The molecule has 3 aromatic carbocycles. The molecule has 0 bridgehead atoms. The number of amides is 2. The third kappa shape index (κ3) is 8.10. The van der Waals surface area contributed by atoms with E-state index in [2.05, 4.69) is 5.32 Å². The summed E-state index contributed by atoms with van der Waals surface area (Å²) in [5.41, 5.74) is 3.00. The van der Waals surface area contributed by atoms with E-state index in [0.29, 0.717) is 30.0 Å². The molecule has 0 aromatic heterocycles. The van der Waals surface area contributed by atoms with Gasteiger partial charge in [0.25, 0.3) is 0 Å². The van der Waals surface area contributed by atoms with Crippen LogP contribution in [0.4, 0.5) is 4.79 Å². The third-order valence-corrected chi connectivity index (χ3v) is 6.42. The number of carbonyl (C=O) groups is 3. The summed E-state index contributed by atoms with van der Waals surface area (Å²) in [4.78, 5) is 40.6. The molecular formula is C33H38N2O6. The molecular weight excluding hydrogens is 520 g/mol. The normalized spacial score (nSPS) is 14.7. The van der Waals surface area contributed by atoms with Crippen molar-refractivity contribution >= 4 is 18.0 Å². The van der Waals surface area contributed by atoms with Gasteiger partial charge >= 0.3 is 12.1 Å². The van der Waals surface area contributed by atoms with Gasteiger partial charge in [-0.15, -0.1) is 0 Å². The average molecular weight is 559 g/mol. The Morgan fingerprint density at radius 2 is 1.59 bits per heavy atom. The Labute approximate surface area is 241 Å². The minimum absolute atomic E-state index is 0.0330. The number of carbonyl (C=O) groups excluding carboxylic acids is 3. The van der Waals surface area contributed by atoms with Crippen LogP contribution in [-0.2, 0) is 20.7 Å². The van der Waals surface area contributed by atoms with E-state index in [-0.39, 0.29) is 19.1 Å². The van der Waals surface area contributed by atoms with Crippen molar-refractivity contribution in [2.75, 3.05) is 13.1 Å². The summed E-state index contributed by atoms with van der Waals surface area (Å²) in [6, 6.07) is 21.9. The van der Waals surface area contributed by atoms with Gasteiger partial charge in [0.05, 0.1) is 12.5 Å². The summed E-state index contributed by atoms with van der Waals surface area (Å²) in [6.07, 6.45) is -0.0759. The number of ether oxygens (including phenoxy) is 3. The number of hydrogen-bond acceptors (Lipinski definition) is 6. The summed E-state index contributed by atoms with van der Waals surface area (Å²) < 4.78 is 16.9. The summed E-state index contributed by atoms with van der Waals surface area (Å²) in [5, 5.41) is 2.82. The van der Waals surface area contributed by atoms with Gasteiger partial charge in [0.15, 0.2) is 0 Å². The lowest BCUT2D eigenvalue weighted by Gasteiger charge is -2.37. The number of esters is 1. The Morgan fingerprint density at radius 1 is 0.927 bits per heavy atom. The lowest BCUT2D eigenvalue weighted by atomic mass is 9.92. The Kier molecular flexibility index (Phi) is 9.32. The van der Waals surface area contributed by atoms with Gasteiger partial charge in [-0.2, -0.15) is 0 Å². The van der Waals surface area contributed by atoms with Crippen LogP contribution in [0.1, 0.15) is 58.2 Å². The summed E-state index contributed by atoms with van der Waals surface area (Å²) in [7, 11) is 0. The topological polar surface area (TPSA) is 94.2 Å². The van der Waals surface area contributed by atoms with E-state index in [1.54, 1.807) is 32.9 Å². The summed E-state index contributed by atoms with van der Waals surface area (Å²) in [6.45, 7) is 9.58. The van der Waals surface area contributed by atoms with E-state index in [4.69, 9.17) is 14.2 Å². The van der Waals surface area contributed by atoms with Crippen molar-refractivity contribution in [3.05, 3.63) is 83.9 Å². The van der Waals surface area contributed by atoms with Crippen LogP contribution in [0.25, 0.3) is 11.1 Å². The van der Waals surface area contributed by atoms with Gasteiger partial charge in [-0.3, -0.25) is 14.5 Å². The molecule has 41 heavy (non-hydrogen) atoms. The van der Waals surface area contributed by atoms with E-state index < -0.39 is 29.6 Å². The number of nitrogens with one attached hydrogen (secondary N) is 1. The second-order valence-corrected chi connectivity index (χ2v) is 11.3. The number of hydrogen-bond donors (Lipinski definition) is 1. The van der Waals surface area contributed by atoms with Gasteiger partial charge in [0, 0.05) is 13.1 Å². The van der Waals surface area contributed by atoms with Gasteiger partial charge in [0.2, 0.25) is 5.91 Å². The first-order chi connectivity index (χ1) is 19.5. The highest BCUT2D eigenvalue weighted by atomic mass is 16.6. The standard InChI is InChI=1S/C33H38N2O6/c1-22(2)39-27-16-13-25-18-20-35(32(38)41-33(3,4)5)30(28(25)21-27)31(37)34-19-17-29(36)40-26-14-11-24(12-15-26)23-9-7-6-8-10-23/h6-16,21-22,30H,17-20H2,1-5H3,(H,34,37)/t30-/m0/s1. The third-order valence-electron chi connectivity index (χ3n) is 6.42. The van der Waals surface area contributed by atoms with Crippen LogP contribution < -0.4 is 14.8 Å². The van der Waals surface area contributed by atoms with Crippen LogP contribution in [0.15, 0.2) is 72.8 Å². The molecule has 0 spiro atoms. The van der Waals surface area contributed by atoms with Gasteiger partial charge in [-0.1, -0.05) is 48.5 Å². The number of fused-ring (bicyclic) bond motifs is 1. The first-order valence-corrected chi connectivity index (χ1v) is 13.9. The Balaban J connectivity index is 1.42. The fourth-order valence-electron chi connectivity index (χ4n) is 4.65. The second kappa shape index (κ2) is 12.9. The maximum atomic E-state index is 13.5. The number of nitrogens with zero attached hydrogens (tertiary/aromatic N) is 1. The zero-order valence-corrected chi connectivity index (χ0v) is 24.3. The maximum Gasteiger partial charge on any atom is 0.411 e. The molecule has 1 aliphatic heterocycles. The molecule has 3 aromatic rings. The van der Waals surface area contributed by atoms with E-state index in [1.165, 1.54) is 4.90 Å². The van der Waals surface area contributed by atoms with Crippen LogP contribution in [0.2, 0.25) is 0 Å². The molecule has 0 saturated heterocycles. The SMILES string of the molecule is CC(C)Oc1ccc2c(c1)[C@@H](C(=O)NCCC(=O)Oc1ccc(-c3ccccc3)cc1)N(C(=O)OC(C)(C)C)CC2. The molecule has 2 amide bonds. The quantitative estimate of drug-likeness (QED) is 0.266. The van der Waals surface area contributed by atoms with E-state index in [9.17, 15) is 14.4 Å². The highest BCUT2D eigenvalue weighted by molar-refractivity contribution is 5.88. The lowest BCUT2D eigenvalue weighted by molar-refractivity contribution is -0.134. The van der Waals surface area contributed by atoms with Crippen molar-refractivity contribution in [1.82, 2.24) is 10.2 Å². The zero-order valence-electron chi connectivity index (χ0n) is 24.3. The largest absolute Gasteiger partial charge is 0.491 e. The fraction of sp³-hybridized carbons (Fsp3) is 0.364. The van der Waals surface area contributed by atoms with Gasteiger partial charge in [-0.25, -0.2) is 4.79 Å². The van der Waals surface area contributed by atoms with E-state index in [0.717, 1.165) is 16.7 Å². The first kappa shape index (κ1) is 29.6. The molecule has 1 atom stereocenters. The molecule has 216 valence electrons. The Hall–Kier alpha value is -4.33. The molecule has 1 N–H and O–H groups in total. The minimum atomic E-state index is -0.925. The van der Waals surface area contributed by atoms with E-state index >= 15 is 0 Å². The Bertz CT molecular complexity index is 1360. The van der Waals surface area contributed by atoms with Gasteiger partial charge < -0.3 is 19.5 Å². The monoisotopic (exact) mass is 558 g/mol. The molecule has 4 rings (SSSR count). The average Bonchev–Trinajstić information content (AvgIpc) is 2.92. The van der Waals surface area contributed by atoms with Crippen LogP contribution in [0.3, 0.4) is 0 Å². The smallest absolute Gasteiger partial charge is 0.411 e. The van der Waals surface area contributed by atoms with Gasteiger partial charge in [0.1, 0.15) is 23.1 Å². The van der Waals surface area contributed by atoms with Crippen molar-refractivity contribution < 1.29 is 28.6 Å². The summed E-state index contributed by atoms with van der Waals surface area (Å²) >= 11 is 0. The predicted octanol–water partition coefficient (Wildman–Crippen LogP) is 6.09. The number of rotatable bonds is 8. The van der Waals surface area contributed by atoms with Crippen molar-refractivity contribution in [3.63, 3.8) is 0 Å². The minimum Gasteiger partial charge on any atom is -0.491 e. The van der Waals surface area contributed by atoms with Crippen LogP contribution >= 0.6 is 0 Å². The van der Waals surface area contributed by atoms with E-state index in [1.807, 2.05) is 74.5 Å². The molecule has 0 saturated carbocycles. The van der Waals surface area contributed by atoms with Gasteiger partial charge in [-0.05, 0) is 87.6 Å². The molecule has 0 aliphatic carbocycles. The predicted molar refractivity (Wildman–Crippen MR) is 157 cm³/mol. The van der Waals surface area contributed by atoms with Crippen molar-refractivity contribution in [2.24, 2.45) is 0 Å². The highest BCUT2D eigenvalue weighted by Gasteiger charge is 2.38. The molecule has 8 heteroatoms. The lowest BCUT2D eigenvalue weighted by Crippen LogP contribution is -2.49. The zero-order chi connectivity index (χ0) is 29.6. The Morgan fingerprint density at radius 3 is 2.24 bits per heavy atom. The molecule has 0 unspecified atom stereocenters. The first-order valence-electron chi connectivity index (χ1n) is 13.9. The van der Waals surface area contributed by atoms with Crippen LogP contribution in [-0.4, -0.2) is 47.7 Å². The fourth-order valence-corrected chi connectivity index (χ4v) is 4.65. The van der Waals surface area contributed by atoms with Crippen molar-refractivity contribution in [1.29, 1.82) is 0 Å². The van der Waals surface area contributed by atoms with Crippen molar-refractivity contribution in [2.45, 2.75) is 65.2 Å². The highest BCUT2D eigenvalue weighted by Crippen LogP contribution is 2.34. The molecule has 0 fully saturated rings. The van der Waals surface area contributed by atoms with Crippen molar-refractivity contribution in [3.8, 4) is 22.6 Å². The van der Waals surface area contributed by atoms with Crippen LogP contribution in [0.5, 0.6) is 11.5 Å². The summed E-state index contributed by atoms with van der Waals surface area (Å²) in [5.74, 6) is 0.164. The molecule has 8 nitrogen and oxygen atoms in total. The number of benzene rings is 3. The molecule has 0 radical (unpaired) electrons. The van der Waals surface area contributed by atoms with Crippen LogP contribution in [0, 0.1) is 0 Å².